The van der Waals surface area contributed by atoms with Crippen LogP contribution in [0.25, 0.3) is 6.08 Å². The van der Waals surface area contributed by atoms with Gasteiger partial charge in [0, 0.05) is 5.56 Å². The van der Waals surface area contributed by atoms with E-state index >= 15 is 0 Å². The smallest absolute Gasteiger partial charge is 0.335 e. The van der Waals surface area contributed by atoms with E-state index in [0.29, 0.717) is 16.7 Å². The zero-order valence-corrected chi connectivity index (χ0v) is 22.0. The van der Waals surface area contributed by atoms with E-state index < -0.39 is 17.8 Å². The van der Waals surface area contributed by atoms with Gasteiger partial charge in [-0.15, -0.1) is 0 Å². The average molecular weight is 562 g/mol. The molecule has 1 aliphatic rings. The van der Waals surface area contributed by atoms with Crippen LogP contribution in [-0.2, 0) is 16.2 Å². The summed E-state index contributed by atoms with van der Waals surface area (Å²) in [6.45, 7) is 2.12. The molecule has 2 amide bonds. The van der Waals surface area contributed by atoms with Crippen LogP contribution in [-0.4, -0.2) is 34.6 Å². The van der Waals surface area contributed by atoms with E-state index in [1.807, 2.05) is 0 Å². The normalized spacial score (nSPS) is 14.1. The van der Waals surface area contributed by atoms with Crippen molar-refractivity contribution in [3.05, 3.63) is 93.5 Å². The van der Waals surface area contributed by atoms with E-state index in [2.05, 4.69) is 11.4 Å². The number of thiocarbonyl (C=S) groups is 1. The molecule has 1 fully saturated rings. The summed E-state index contributed by atoms with van der Waals surface area (Å²) in [5.41, 5.74) is 1.39. The van der Waals surface area contributed by atoms with Crippen molar-refractivity contribution in [2.75, 3.05) is 11.5 Å². The number of carbonyl (C=O) groups excluding carboxylic acids is 2. The Morgan fingerprint density at radius 1 is 1.15 bits per heavy atom. The summed E-state index contributed by atoms with van der Waals surface area (Å²) in [6.07, 6.45) is 1.33. The number of carbonyl (C=O) groups is 3. The van der Waals surface area contributed by atoms with Gasteiger partial charge in [-0.1, -0.05) is 35.9 Å². The number of carboxylic acids is 1. The van der Waals surface area contributed by atoms with Crippen molar-refractivity contribution in [2.24, 2.45) is 0 Å². The highest BCUT2D eigenvalue weighted by atomic mass is 35.5. The van der Waals surface area contributed by atoms with Gasteiger partial charge in [-0.05, 0) is 67.2 Å². The van der Waals surface area contributed by atoms with Crippen molar-refractivity contribution in [2.45, 2.75) is 13.5 Å². The van der Waals surface area contributed by atoms with Crippen molar-refractivity contribution in [1.82, 2.24) is 5.32 Å². The maximum atomic E-state index is 13.4. The molecule has 3 aromatic rings. The summed E-state index contributed by atoms with van der Waals surface area (Å²) in [5.74, 6) is -2.13. The molecular weight excluding hydrogens is 542 g/mol. The molecule has 196 valence electrons. The van der Waals surface area contributed by atoms with Crippen molar-refractivity contribution < 1.29 is 29.0 Å². The zero-order chi connectivity index (χ0) is 28.1. The fourth-order valence-electron chi connectivity index (χ4n) is 3.82. The van der Waals surface area contributed by atoms with Crippen molar-refractivity contribution >= 4 is 58.5 Å². The number of rotatable bonds is 8. The van der Waals surface area contributed by atoms with E-state index in [1.54, 1.807) is 37.3 Å². The van der Waals surface area contributed by atoms with E-state index in [0.717, 1.165) is 4.90 Å². The molecule has 0 radical (unpaired) electrons. The van der Waals surface area contributed by atoms with Gasteiger partial charge < -0.3 is 14.6 Å². The third-order valence-electron chi connectivity index (χ3n) is 5.61. The molecule has 2 N–H and O–H groups in total. The lowest BCUT2D eigenvalue weighted by atomic mass is 10.1. The van der Waals surface area contributed by atoms with Crippen LogP contribution in [0.2, 0.25) is 5.02 Å². The van der Waals surface area contributed by atoms with Crippen LogP contribution in [0.5, 0.6) is 11.5 Å². The monoisotopic (exact) mass is 561 g/mol. The number of nitriles is 1. The first-order valence-electron chi connectivity index (χ1n) is 11.6. The van der Waals surface area contributed by atoms with Gasteiger partial charge in [-0.2, -0.15) is 5.26 Å². The number of nitrogens with one attached hydrogen (secondary N) is 1. The molecule has 11 heteroatoms. The predicted molar refractivity (Wildman–Crippen MR) is 148 cm³/mol. The predicted octanol–water partition coefficient (Wildman–Crippen LogP) is 4.72. The van der Waals surface area contributed by atoms with Crippen molar-refractivity contribution in [3.63, 3.8) is 0 Å². The van der Waals surface area contributed by atoms with Crippen LogP contribution in [0.4, 0.5) is 5.69 Å². The molecule has 0 bridgehead atoms. The SMILES string of the molecule is CCOc1cc(C=C2C(=O)NC(=S)N(c3cccc(C(=O)O)c3)C2=O)cc(Cl)c1OCc1ccccc1C#N. The van der Waals surface area contributed by atoms with Crippen LogP contribution in [0.3, 0.4) is 0 Å². The fraction of sp³-hybridized carbons (Fsp3) is 0.107. The van der Waals surface area contributed by atoms with E-state index in [9.17, 15) is 24.8 Å². The van der Waals surface area contributed by atoms with Crippen molar-refractivity contribution in [1.29, 1.82) is 5.26 Å². The van der Waals surface area contributed by atoms with Crippen molar-refractivity contribution in [3.8, 4) is 17.6 Å². The Hall–Kier alpha value is -4.72. The minimum atomic E-state index is -1.18. The second-order valence-corrected chi connectivity index (χ2v) is 8.93. The molecular formula is C28H20ClN3O6S. The molecule has 0 aliphatic carbocycles. The number of ether oxygens (including phenoxy) is 2. The zero-order valence-electron chi connectivity index (χ0n) is 20.4. The summed E-state index contributed by atoms with van der Waals surface area (Å²) in [4.78, 5) is 38.5. The van der Waals surface area contributed by atoms with Gasteiger partial charge in [-0.25, -0.2) is 4.79 Å². The van der Waals surface area contributed by atoms with E-state index in [1.165, 1.54) is 36.4 Å². The minimum Gasteiger partial charge on any atom is -0.490 e. The maximum absolute atomic E-state index is 13.4. The summed E-state index contributed by atoms with van der Waals surface area (Å²) < 4.78 is 11.6. The molecule has 0 aromatic heterocycles. The molecule has 0 unspecified atom stereocenters. The average Bonchev–Trinajstić information content (AvgIpc) is 2.91. The Labute approximate surface area is 233 Å². The Kier molecular flexibility index (Phi) is 8.24. The molecule has 0 saturated carbocycles. The maximum Gasteiger partial charge on any atom is 0.335 e. The second kappa shape index (κ2) is 11.8. The van der Waals surface area contributed by atoms with E-state index in [-0.39, 0.29) is 51.7 Å². The number of halogens is 1. The van der Waals surface area contributed by atoms with Gasteiger partial charge >= 0.3 is 5.97 Å². The quantitative estimate of drug-likeness (QED) is 0.230. The molecule has 1 aliphatic heterocycles. The van der Waals surface area contributed by atoms with Gasteiger partial charge in [-0.3, -0.25) is 19.8 Å². The highest BCUT2D eigenvalue weighted by molar-refractivity contribution is 7.80. The number of nitrogens with zero attached hydrogens (tertiary/aromatic N) is 2. The highest BCUT2D eigenvalue weighted by Gasteiger charge is 2.35. The lowest BCUT2D eigenvalue weighted by molar-refractivity contribution is -0.122. The molecule has 0 spiro atoms. The third kappa shape index (κ3) is 5.90. The summed E-state index contributed by atoms with van der Waals surface area (Å²) in [7, 11) is 0. The van der Waals surface area contributed by atoms with Crippen LogP contribution in [0.1, 0.15) is 34.0 Å². The van der Waals surface area contributed by atoms with Crippen LogP contribution < -0.4 is 19.7 Å². The van der Waals surface area contributed by atoms with Crippen LogP contribution >= 0.6 is 23.8 Å². The number of hydrogen-bond acceptors (Lipinski definition) is 7. The van der Waals surface area contributed by atoms with Gasteiger partial charge in [0.15, 0.2) is 16.6 Å². The number of hydrogen-bond donors (Lipinski definition) is 2. The van der Waals surface area contributed by atoms with Crippen LogP contribution in [0.15, 0.2) is 66.2 Å². The molecule has 9 nitrogen and oxygen atoms in total. The topological polar surface area (TPSA) is 129 Å². The second-order valence-electron chi connectivity index (χ2n) is 8.13. The van der Waals surface area contributed by atoms with Gasteiger partial charge in [0.1, 0.15) is 12.2 Å². The fourth-order valence-corrected chi connectivity index (χ4v) is 4.37. The lowest BCUT2D eigenvalue weighted by Crippen LogP contribution is -2.54. The van der Waals surface area contributed by atoms with Gasteiger partial charge in [0.25, 0.3) is 11.8 Å². The highest BCUT2D eigenvalue weighted by Crippen LogP contribution is 2.38. The number of aromatic carboxylic acids is 1. The number of benzene rings is 3. The summed E-state index contributed by atoms with van der Waals surface area (Å²) in [6, 6.07) is 17.8. The summed E-state index contributed by atoms with van der Waals surface area (Å²) in [5, 5.41) is 21.1. The Balaban J connectivity index is 1.68. The lowest BCUT2D eigenvalue weighted by Gasteiger charge is -2.29. The Morgan fingerprint density at radius 3 is 2.64 bits per heavy atom. The largest absolute Gasteiger partial charge is 0.490 e. The number of anilines is 1. The minimum absolute atomic E-state index is 0.0494. The Bertz CT molecular complexity index is 1580. The Morgan fingerprint density at radius 2 is 1.92 bits per heavy atom. The first-order valence-corrected chi connectivity index (χ1v) is 12.3. The first kappa shape index (κ1) is 27.3. The molecule has 3 aromatic carbocycles. The standard InChI is InChI=1S/C28H20ClN3O6S/c1-2-37-23-12-16(11-22(29)24(23)38-15-19-7-4-3-6-18(19)14-30)10-21-25(33)31-28(39)32(26(21)34)20-9-5-8-17(13-20)27(35)36/h3-13H,2,15H2,1H3,(H,35,36)(H,31,33,39). The first-order chi connectivity index (χ1) is 18.7. The molecule has 1 heterocycles. The number of carboxylic acid groups (broad SMARTS) is 1. The molecule has 1 saturated heterocycles. The van der Waals surface area contributed by atoms with Crippen LogP contribution in [0, 0.1) is 11.3 Å². The van der Waals surface area contributed by atoms with Gasteiger partial charge in [0.2, 0.25) is 0 Å². The molecule has 0 atom stereocenters. The molecule has 39 heavy (non-hydrogen) atoms. The van der Waals surface area contributed by atoms with Gasteiger partial charge in [0.05, 0.1) is 34.5 Å². The third-order valence-corrected chi connectivity index (χ3v) is 6.17. The summed E-state index contributed by atoms with van der Waals surface area (Å²) >= 11 is 11.7. The number of amides is 2. The molecule has 4 rings (SSSR count). The van der Waals surface area contributed by atoms with E-state index in [4.69, 9.17) is 33.3 Å².